The zero-order valence-corrected chi connectivity index (χ0v) is 45.8. The van der Waals surface area contributed by atoms with Crippen LogP contribution in [0.15, 0.2) is 270 Å². The lowest BCUT2D eigenvalue weighted by molar-refractivity contribution is 0.590. The van der Waals surface area contributed by atoms with Crippen molar-refractivity contribution in [3.8, 4) is 44.5 Å². The number of hydrogen-bond acceptors (Lipinski definition) is 4. The molecule has 0 saturated carbocycles. The molecule has 0 unspecified atom stereocenters. The standard InChI is InChI=1S/C77H52F2N2O2/c1-76(2,3)51-37-39-53(40-38-51)81(65-42-36-50(44-63(65)79)48-23-9-5-10-24-48)67-46-61-73(71-57-30-16-20-34-69(57)83-75(67)71)72-60(77(61)58-31-17-13-27-54(58)55-28-14-18-32-59(55)77)45-66(74-70(72)56-29-15-19-33-68(56)82-74)80(52-25-11-6-12-26-52)64-41-35-49(43-62(64)78)47-21-7-4-8-22-47/h4-46H,1-3H3. The Morgan fingerprint density at radius 3 is 1.19 bits per heavy atom. The summed E-state index contributed by atoms with van der Waals surface area (Å²) in [5.74, 6) is -0.766. The monoisotopic (exact) mass is 1070 g/mol. The van der Waals surface area contributed by atoms with Crippen molar-refractivity contribution in [3.63, 3.8) is 0 Å². The van der Waals surface area contributed by atoms with Gasteiger partial charge in [-0.15, -0.1) is 0 Å². The number of benzene rings is 12. The van der Waals surface area contributed by atoms with Crippen molar-refractivity contribution in [2.75, 3.05) is 9.80 Å². The first kappa shape index (κ1) is 48.6. The fourth-order valence-electron chi connectivity index (χ4n) is 13.7. The topological polar surface area (TPSA) is 32.8 Å². The molecule has 0 radical (unpaired) electrons. The quantitative estimate of drug-likeness (QED) is 0.152. The first-order chi connectivity index (χ1) is 40.6. The molecule has 12 aromatic carbocycles. The Balaban J connectivity index is 1.07. The third kappa shape index (κ3) is 7.22. The summed E-state index contributed by atoms with van der Waals surface area (Å²) in [7, 11) is 0. The number of fused-ring (bicyclic) bond motifs is 18. The average molecular weight is 1080 g/mol. The van der Waals surface area contributed by atoms with Crippen molar-refractivity contribution in [2.45, 2.75) is 31.6 Å². The number of anilines is 6. The molecule has 2 aliphatic carbocycles. The van der Waals surface area contributed by atoms with E-state index in [2.05, 4.69) is 135 Å². The molecule has 16 rings (SSSR count). The maximum Gasteiger partial charge on any atom is 0.160 e. The average Bonchev–Trinajstić information content (AvgIpc) is 1.83. The zero-order chi connectivity index (χ0) is 55.7. The first-order valence-corrected chi connectivity index (χ1v) is 28.3. The fraction of sp³-hybridized carbons (Fsp3) is 0.0649. The smallest absolute Gasteiger partial charge is 0.160 e. The van der Waals surface area contributed by atoms with Gasteiger partial charge in [0.05, 0.1) is 28.2 Å². The molecule has 0 amide bonds. The normalized spacial score (nSPS) is 13.0. The Bertz CT molecular complexity index is 4880. The molecule has 0 bridgehead atoms. The van der Waals surface area contributed by atoms with Gasteiger partial charge in [0.25, 0.3) is 0 Å². The second-order valence-corrected chi connectivity index (χ2v) is 23.0. The van der Waals surface area contributed by atoms with Gasteiger partial charge in [-0.1, -0.05) is 209 Å². The van der Waals surface area contributed by atoms with E-state index in [-0.39, 0.29) is 17.0 Å². The van der Waals surface area contributed by atoms with Crippen molar-refractivity contribution in [2.24, 2.45) is 0 Å². The molecule has 83 heavy (non-hydrogen) atoms. The predicted octanol–water partition coefficient (Wildman–Crippen LogP) is 21.7. The number of furan rings is 2. The molecule has 4 nitrogen and oxygen atoms in total. The second kappa shape index (κ2) is 18.4. The van der Waals surface area contributed by atoms with Gasteiger partial charge < -0.3 is 18.6 Å². The molecule has 2 aromatic heterocycles. The van der Waals surface area contributed by atoms with Crippen LogP contribution in [0.1, 0.15) is 48.6 Å². The van der Waals surface area contributed by atoms with E-state index < -0.39 is 5.41 Å². The molecule has 0 N–H and O–H groups in total. The molecule has 0 saturated heterocycles. The van der Waals surface area contributed by atoms with Crippen LogP contribution in [-0.2, 0) is 10.8 Å². The van der Waals surface area contributed by atoms with Crippen LogP contribution in [0.5, 0.6) is 0 Å². The fourth-order valence-corrected chi connectivity index (χ4v) is 13.7. The molecule has 1 spiro atoms. The summed E-state index contributed by atoms with van der Waals surface area (Å²) >= 11 is 0. The van der Waals surface area contributed by atoms with Gasteiger partial charge in [0.15, 0.2) is 11.2 Å². The van der Waals surface area contributed by atoms with Gasteiger partial charge in [0.2, 0.25) is 0 Å². The van der Waals surface area contributed by atoms with E-state index in [1.807, 2.05) is 144 Å². The minimum absolute atomic E-state index is 0.137. The lowest BCUT2D eigenvalue weighted by Crippen LogP contribution is -2.27. The van der Waals surface area contributed by atoms with Crippen molar-refractivity contribution < 1.29 is 17.6 Å². The summed E-state index contributed by atoms with van der Waals surface area (Å²) < 4.78 is 50.3. The van der Waals surface area contributed by atoms with Gasteiger partial charge in [-0.3, -0.25) is 0 Å². The first-order valence-electron chi connectivity index (χ1n) is 28.3. The number of rotatable bonds is 8. The maximum absolute atomic E-state index is 17.9. The highest BCUT2D eigenvalue weighted by Gasteiger charge is 2.54. The Morgan fingerprint density at radius 2 is 0.747 bits per heavy atom. The van der Waals surface area contributed by atoms with E-state index in [1.54, 1.807) is 12.1 Å². The molecule has 0 aliphatic heterocycles. The van der Waals surface area contributed by atoms with Crippen LogP contribution in [0.3, 0.4) is 0 Å². The molecule has 2 aliphatic rings. The van der Waals surface area contributed by atoms with Crippen molar-refractivity contribution >= 4 is 78.0 Å². The van der Waals surface area contributed by atoms with Crippen molar-refractivity contribution in [3.05, 3.63) is 300 Å². The lowest BCUT2D eigenvalue weighted by atomic mass is 9.70. The highest BCUT2D eigenvalue weighted by Crippen LogP contribution is 2.68. The second-order valence-electron chi connectivity index (χ2n) is 23.0. The van der Waals surface area contributed by atoms with Gasteiger partial charge in [0, 0.05) is 32.9 Å². The van der Waals surface area contributed by atoms with E-state index in [0.717, 1.165) is 105 Å². The highest BCUT2D eigenvalue weighted by atomic mass is 19.1. The van der Waals surface area contributed by atoms with Crippen LogP contribution in [0.25, 0.3) is 88.4 Å². The van der Waals surface area contributed by atoms with Crippen LogP contribution >= 0.6 is 0 Å². The Kier molecular flexibility index (Phi) is 10.8. The molecule has 2 heterocycles. The molecular formula is C77H52F2N2O2. The summed E-state index contributed by atoms with van der Waals surface area (Å²) in [6, 6.07) is 88.0. The van der Waals surface area contributed by atoms with E-state index >= 15 is 8.78 Å². The maximum atomic E-state index is 17.9. The molecule has 6 heteroatoms. The number of nitrogens with zero attached hydrogens (tertiary/aromatic N) is 2. The van der Waals surface area contributed by atoms with Crippen molar-refractivity contribution in [1.82, 2.24) is 0 Å². The SMILES string of the molecule is CC(C)(C)c1ccc(N(c2ccc(-c3ccccc3)cc2F)c2cc3c(c4c2oc2ccccc24)-c2c(cc(N(c4ccccc4)c4ccc(-c5ccccc5)cc4F)c4oc5ccccc5c24)C32c3ccccc3-c3ccccc32)cc1. The van der Waals surface area contributed by atoms with E-state index in [9.17, 15) is 0 Å². The van der Waals surface area contributed by atoms with E-state index in [1.165, 1.54) is 0 Å². The summed E-state index contributed by atoms with van der Waals surface area (Å²) in [4.78, 5) is 4.08. The van der Waals surface area contributed by atoms with Crippen molar-refractivity contribution in [1.29, 1.82) is 0 Å². The Hall–Kier alpha value is -10.3. The van der Waals surface area contributed by atoms with Crippen LogP contribution in [0, 0.1) is 11.6 Å². The van der Waals surface area contributed by atoms with Crippen LogP contribution in [-0.4, -0.2) is 0 Å². The Labute approximate surface area is 479 Å². The van der Waals surface area contributed by atoms with Gasteiger partial charge in [-0.2, -0.15) is 0 Å². The minimum atomic E-state index is -1.00. The molecule has 0 atom stereocenters. The summed E-state index contributed by atoms with van der Waals surface area (Å²) in [5, 5.41) is 3.63. The van der Waals surface area contributed by atoms with Gasteiger partial charge in [-0.25, -0.2) is 8.78 Å². The van der Waals surface area contributed by atoms with Crippen LogP contribution in [0.4, 0.5) is 42.9 Å². The summed E-state index contributed by atoms with van der Waals surface area (Å²) in [6.07, 6.45) is 0. The highest BCUT2D eigenvalue weighted by molar-refractivity contribution is 6.27. The van der Waals surface area contributed by atoms with Gasteiger partial charge in [0.1, 0.15) is 22.8 Å². The summed E-state index contributed by atoms with van der Waals surface area (Å²) in [5.41, 5.74) is 18.0. The number of para-hydroxylation sites is 3. The van der Waals surface area contributed by atoms with E-state index in [0.29, 0.717) is 45.1 Å². The lowest BCUT2D eigenvalue weighted by Gasteiger charge is -2.33. The van der Waals surface area contributed by atoms with Crippen LogP contribution < -0.4 is 9.80 Å². The largest absolute Gasteiger partial charge is 0.454 e. The third-order valence-electron chi connectivity index (χ3n) is 17.3. The number of halogens is 2. The van der Waals surface area contributed by atoms with Gasteiger partial charge in [-0.05, 0) is 151 Å². The predicted molar refractivity (Wildman–Crippen MR) is 336 cm³/mol. The van der Waals surface area contributed by atoms with Gasteiger partial charge >= 0.3 is 0 Å². The Morgan fingerprint density at radius 1 is 0.349 bits per heavy atom. The summed E-state index contributed by atoms with van der Waals surface area (Å²) in [6.45, 7) is 6.62. The minimum Gasteiger partial charge on any atom is -0.454 e. The number of hydrogen-bond donors (Lipinski definition) is 0. The zero-order valence-electron chi connectivity index (χ0n) is 45.8. The molecule has 396 valence electrons. The third-order valence-corrected chi connectivity index (χ3v) is 17.3. The molecule has 14 aromatic rings. The van der Waals surface area contributed by atoms with Crippen LogP contribution in [0.2, 0.25) is 0 Å². The van der Waals surface area contributed by atoms with E-state index in [4.69, 9.17) is 8.83 Å². The molecule has 0 fully saturated rings. The molecular weight excluding hydrogens is 1020 g/mol.